The number of benzene rings is 1. The minimum Gasteiger partial charge on any atom is -0.482 e. The molecule has 5 heteroatoms. The lowest BCUT2D eigenvalue weighted by molar-refractivity contribution is -0.123. The van der Waals surface area contributed by atoms with Gasteiger partial charge in [-0.1, -0.05) is 12.1 Å². The van der Waals surface area contributed by atoms with Gasteiger partial charge in [0.05, 0.1) is 4.47 Å². The molecule has 4 nitrogen and oxygen atoms in total. The van der Waals surface area contributed by atoms with E-state index in [0.29, 0.717) is 12.3 Å². The van der Waals surface area contributed by atoms with Gasteiger partial charge < -0.3 is 15.4 Å². The molecule has 1 aromatic carbocycles. The van der Waals surface area contributed by atoms with Crippen molar-refractivity contribution in [3.05, 3.63) is 28.2 Å². The van der Waals surface area contributed by atoms with Gasteiger partial charge in [-0.05, 0) is 56.6 Å². The zero-order chi connectivity index (χ0) is 16.0. The molecule has 0 aliphatic carbocycles. The lowest BCUT2D eigenvalue weighted by Gasteiger charge is -2.22. The van der Waals surface area contributed by atoms with Crippen molar-refractivity contribution in [1.82, 2.24) is 10.6 Å². The first-order valence-electron chi connectivity index (χ1n) is 7.13. The summed E-state index contributed by atoms with van der Waals surface area (Å²) in [6.45, 7) is 10.9. The fraction of sp³-hybridized carbons (Fsp3) is 0.562. The quantitative estimate of drug-likeness (QED) is 0.822. The van der Waals surface area contributed by atoms with Gasteiger partial charge in [-0.2, -0.15) is 0 Å². The van der Waals surface area contributed by atoms with Gasteiger partial charge in [0.1, 0.15) is 5.75 Å². The lowest BCUT2D eigenvalue weighted by atomic mass is 10.1. The maximum Gasteiger partial charge on any atom is 0.258 e. The van der Waals surface area contributed by atoms with E-state index in [1.54, 1.807) is 0 Å². The molecular weight excluding hydrogens is 332 g/mol. The van der Waals surface area contributed by atoms with Crippen LogP contribution >= 0.6 is 15.9 Å². The topological polar surface area (TPSA) is 50.4 Å². The zero-order valence-corrected chi connectivity index (χ0v) is 15.0. The van der Waals surface area contributed by atoms with Crippen LogP contribution in [0.5, 0.6) is 5.75 Å². The molecule has 21 heavy (non-hydrogen) atoms. The fourth-order valence-corrected chi connectivity index (χ4v) is 2.24. The Labute approximate surface area is 135 Å². The summed E-state index contributed by atoms with van der Waals surface area (Å²) in [7, 11) is 0. The molecule has 0 atom stereocenters. The number of ether oxygens (including phenoxy) is 1. The van der Waals surface area contributed by atoms with Gasteiger partial charge in [0.2, 0.25) is 0 Å². The molecule has 0 saturated carbocycles. The van der Waals surface area contributed by atoms with E-state index in [4.69, 9.17) is 4.74 Å². The number of hydrogen-bond acceptors (Lipinski definition) is 3. The first-order chi connectivity index (χ1) is 9.69. The van der Waals surface area contributed by atoms with Crippen molar-refractivity contribution in [3.8, 4) is 5.75 Å². The minimum absolute atomic E-state index is 0.0172. The summed E-state index contributed by atoms with van der Waals surface area (Å²) in [4.78, 5) is 11.7. The van der Waals surface area contributed by atoms with Gasteiger partial charge in [-0.25, -0.2) is 0 Å². The molecular formula is C16H25BrN2O2. The Morgan fingerprint density at radius 3 is 2.57 bits per heavy atom. The first kappa shape index (κ1) is 18.0. The average Bonchev–Trinajstić information content (AvgIpc) is 2.33. The number of para-hydroxylation sites is 1. The maximum absolute atomic E-state index is 11.7. The Hall–Kier alpha value is -1.07. The predicted octanol–water partition coefficient (Wildman–Crippen LogP) is 3.24. The Morgan fingerprint density at radius 1 is 1.33 bits per heavy atom. The van der Waals surface area contributed by atoms with Crippen molar-refractivity contribution >= 4 is 21.8 Å². The summed E-state index contributed by atoms with van der Waals surface area (Å²) in [6, 6.07) is 5.99. The highest BCUT2D eigenvalue weighted by atomic mass is 79.9. The second kappa shape index (κ2) is 7.80. The number of rotatable bonds is 6. The van der Waals surface area contributed by atoms with Crippen molar-refractivity contribution < 1.29 is 9.53 Å². The minimum atomic E-state index is -0.115. The van der Waals surface area contributed by atoms with Gasteiger partial charge in [0.15, 0.2) is 6.61 Å². The van der Waals surface area contributed by atoms with Crippen LogP contribution in [0.25, 0.3) is 0 Å². The van der Waals surface area contributed by atoms with Crippen LogP contribution in [-0.2, 0) is 11.3 Å². The lowest BCUT2D eigenvalue weighted by Crippen LogP contribution is -2.36. The molecule has 0 unspecified atom stereocenters. The molecule has 1 aromatic rings. The monoisotopic (exact) mass is 356 g/mol. The van der Waals surface area contributed by atoms with Crippen molar-refractivity contribution in [1.29, 1.82) is 0 Å². The second-order valence-corrected chi connectivity index (χ2v) is 7.20. The molecule has 1 rings (SSSR count). The SMILES string of the molecule is CC(C)NC(=O)COc1c(Br)cccc1CNC(C)(C)C. The number of carbonyl (C=O) groups excluding carboxylic acids is 1. The van der Waals surface area contributed by atoms with E-state index >= 15 is 0 Å². The van der Waals surface area contributed by atoms with E-state index in [0.717, 1.165) is 10.0 Å². The van der Waals surface area contributed by atoms with Gasteiger partial charge in [-0.15, -0.1) is 0 Å². The zero-order valence-electron chi connectivity index (χ0n) is 13.4. The number of hydrogen-bond donors (Lipinski definition) is 2. The standard InChI is InChI=1S/C16H25BrN2O2/c1-11(2)19-14(20)10-21-15-12(7-6-8-13(15)17)9-18-16(3,4)5/h6-8,11,18H,9-10H2,1-5H3,(H,19,20). The van der Waals surface area contributed by atoms with Crippen LogP contribution in [0.3, 0.4) is 0 Å². The van der Waals surface area contributed by atoms with E-state index in [9.17, 15) is 4.79 Å². The highest BCUT2D eigenvalue weighted by molar-refractivity contribution is 9.10. The number of nitrogens with one attached hydrogen (secondary N) is 2. The predicted molar refractivity (Wildman–Crippen MR) is 89.5 cm³/mol. The summed E-state index contributed by atoms with van der Waals surface area (Å²) >= 11 is 3.48. The second-order valence-electron chi connectivity index (χ2n) is 6.34. The van der Waals surface area contributed by atoms with Gasteiger partial charge in [0, 0.05) is 23.7 Å². The number of halogens is 1. The molecule has 0 aliphatic heterocycles. The van der Waals surface area contributed by atoms with Crippen LogP contribution in [0.15, 0.2) is 22.7 Å². The number of amides is 1. The summed E-state index contributed by atoms with van der Waals surface area (Å²) in [5, 5.41) is 6.24. The van der Waals surface area contributed by atoms with Crippen molar-refractivity contribution in [2.45, 2.75) is 52.7 Å². The Morgan fingerprint density at radius 2 is 2.00 bits per heavy atom. The molecule has 0 radical (unpaired) electrons. The smallest absolute Gasteiger partial charge is 0.258 e. The van der Waals surface area contributed by atoms with Crippen LogP contribution in [0.4, 0.5) is 0 Å². The largest absolute Gasteiger partial charge is 0.482 e. The van der Waals surface area contributed by atoms with Crippen molar-refractivity contribution in [3.63, 3.8) is 0 Å². The third kappa shape index (κ3) is 6.96. The summed E-state index contributed by atoms with van der Waals surface area (Å²) < 4.78 is 6.55. The maximum atomic E-state index is 11.7. The van der Waals surface area contributed by atoms with E-state index in [1.165, 1.54) is 0 Å². The van der Waals surface area contributed by atoms with Crippen LogP contribution in [0, 0.1) is 0 Å². The van der Waals surface area contributed by atoms with Gasteiger partial charge in [0.25, 0.3) is 5.91 Å². The third-order valence-electron chi connectivity index (χ3n) is 2.65. The molecule has 1 amide bonds. The number of carbonyl (C=O) groups is 1. The van der Waals surface area contributed by atoms with Gasteiger partial charge >= 0.3 is 0 Å². The molecule has 0 saturated heterocycles. The molecule has 0 fully saturated rings. The summed E-state index contributed by atoms with van der Waals surface area (Å²) in [5.41, 5.74) is 1.05. The molecule has 0 bridgehead atoms. The molecule has 0 aromatic heterocycles. The highest BCUT2D eigenvalue weighted by Crippen LogP contribution is 2.29. The van der Waals surface area contributed by atoms with Crippen LogP contribution in [-0.4, -0.2) is 24.1 Å². The van der Waals surface area contributed by atoms with E-state index in [-0.39, 0.29) is 24.1 Å². The van der Waals surface area contributed by atoms with Crippen molar-refractivity contribution in [2.75, 3.05) is 6.61 Å². The summed E-state index contributed by atoms with van der Waals surface area (Å²) in [5.74, 6) is 0.601. The van der Waals surface area contributed by atoms with Crippen molar-refractivity contribution in [2.24, 2.45) is 0 Å². The molecule has 0 aliphatic rings. The highest BCUT2D eigenvalue weighted by Gasteiger charge is 2.14. The van der Waals surface area contributed by atoms with Crippen LogP contribution in [0.2, 0.25) is 0 Å². The van der Waals surface area contributed by atoms with E-state index in [1.807, 2.05) is 32.0 Å². The fourth-order valence-electron chi connectivity index (χ4n) is 1.72. The molecule has 0 heterocycles. The molecule has 0 spiro atoms. The average molecular weight is 357 g/mol. The third-order valence-corrected chi connectivity index (χ3v) is 3.28. The Balaban J connectivity index is 2.74. The van der Waals surface area contributed by atoms with Crippen LogP contribution < -0.4 is 15.4 Å². The van der Waals surface area contributed by atoms with E-state index < -0.39 is 0 Å². The van der Waals surface area contributed by atoms with Gasteiger partial charge in [-0.3, -0.25) is 4.79 Å². The normalized spacial score (nSPS) is 11.6. The molecule has 2 N–H and O–H groups in total. The molecule has 118 valence electrons. The Bertz CT molecular complexity index is 482. The first-order valence-corrected chi connectivity index (χ1v) is 7.93. The van der Waals surface area contributed by atoms with Crippen LogP contribution in [0.1, 0.15) is 40.2 Å². The Kier molecular flexibility index (Phi) is 6.68. The van der Waals surface area contributed by atoms with E-state index in [2.05, 4.69) is 47.3 Å². The summed E-state index contributed by atoms with van der Waals surface area (Å²) in [6.07, 6.45) is 0.